The van der Waals surface area contributed by atoms with Crippen molar-refractivity contribution in [1.29, 1.82) is 0 Å². The highest BCUT2D eigenvalue weighted by atomic mass is 15.3. The highest BCUT2D eigenvalue weighted by Crippen LogP contribution is 2.27. The van der Waals surface area contributed by atoms with Gasteiger partial charge in [-0.05, 0) is 31.5 Å². The maximum absolute atomic E-state index is 4.39. The Morgan fingerprint density at radius 3 is 2.28 bits per heavy atom. The lowest BCUT2D eigenvalue weighted by atomic mass is 10.0. The number of aromatic nitrogens is 5. The van der Waals surface area contributed by atoms with E-state index in [9.17, 15) is 0 Å². The number of nitrogens with zero attached hydrogens (tertiary/aromatic N) is 4. The van der Waals surface area contributed by atoms with Gasteiger partial charge in [0.05, 0.1) is 0 Å². The van der Waals surface area contributed by atoms with Gasteiger partial charge < -0.3 is 9.55 Å². The number of hydrogen-bond donors (Lipinski definition) is 1. The summed E-state index contributed by atoms with van der Waals surface area (Å²) in [5, 5.41) is 8.30. The van der Waals surface area contributed by atoms with Crippen LogP contribution in [0.4, 0.5) is 0 Å². The predicted octanol–water partition coefficient (Wildman–Crippen LogP) is 4.58. The summed E-state index contributed by atoms with van der Waals surface area (Å²) in [4.78, 5) is 7.47. The van der Waals surface area contributed by atoms with Crippen molar-refractivity contribution in [3.05, 3.63) is 67.5 Å². The van der Waals surface area contributed by atoms with Gasteiger partial charge in [0.15, 0.2) is 5.82 Å². The summed E-state index contributed by atoms with van der Waals surface area (Å²) in [7, 11) is 0. The van der Waals surface area contributed by atoms with Crippen molar-refractivity contribution < 1.29 is 0 Å². The molecule has 0 unspecified atom stereocenters. The molecule has 0 aliphatic rings. The van der Waals surface area contributed by atoms with Crippen molar-refractivity contribution in [2.45, 2.75) is 19.9 Å². The molecule has 3 aromatic heterocycles. The van der Waals surface area contributed by atoms with Crippen molar-refractivity contribution in [2.75, 3.05) is 0 Å². The van der Waals surface area contributed by atoms with E-state index in [0.29, 0.717) is 6.04 Å². The first-order valence-corrected chi connectivity index (χ1v) is 8.31. The normalized spacial score (nSPS) is 11.2. The maximum Gasteiger partial charge on any atom is 0.163 e. The smallest absolute Gasteiger partial charge is 0.163 e. The van der Waals surface area contributed by atoms with Crippen LogP contribution in [0.1, 0.15) is 19.9 Å². The molecule has 5 nitrogen and oxygen atoms in total. The van der Waals surface area contributed by atoms with Gasteiger partial charge in [-0.3, -0.25) is 4.98 Å². The minimum absolute atomic E-state index is 0.326. The Hall–Kier alpha value is -3.21. The summed E-state index contributed by atoms with van der Waals surface area (Å²) in [6.07, 6.45) is 9.44. The van der Waals surface area contributed by atoms with Crippen LogP contribution in [0, 0.1) is 0 Å². The van der Waals surface area contributed by atoms with Crippen LogP contribution in [-0.4, -0.2) is 24.7 Å². The van der Waals surface area contributed by atoms with Gasteiger partial charge in [0.25, 0.3) is 0 Å². The van der Waals surface area contributed by atoms with Gasteiger partial charge >= 0.3 is 0 Å². The van der Waals surface area contributed by atoms with Crippen LogP contribution in [-0.2, 0) is 0 Å². The summed E-state index contributed by atoms with van der Waals surface area (Å²) < 4.78 is 2.07. The summed E-state index contributed by atoms with van der Waals surface area (Å²) in [5.41, 5.74) is 5.52. The van der Waals surface area contributed by atoms with Crippen LogP contribution >= 0.6 is 0 Å². The predicted molar refractivity (Wildman–Crippen MR) is 98.9 cm³/mol. The van der Waals surface area contributed by atoms with Crippen molar-refractivity contribution in [2.24, 2.45) is 0 Å². The van der Waals surface area contributed by atoms with Crippen LogP contribution in [0.15, 0.2) is 67.5 Å². The second kappa shape index (κ2) is 6.36. The molecule has 0 radical (unpaired) electrons. The molecule has 0 saturated carbocycles. The SMILES string of the molecule is CC(C)n1cnnc1-c1ccc(-c2cncc(-c3cc[nH]c3)c2)cc1. The topological polar surface area (TPSA) is 59.4 Å². The Balaban J connectivity index is 1.67. The largest absolute Gasteiger partial charge is 0.367 e. The van der Waals surface area contributed by atoms with E-state index in [1.165, 1.54) is 0 Å². The molecule has 1 N–H and O–H groups in total. The highest BCUT2D eigenvalue weighted by Gasteiger charge is 2.10. The molecule has 0 aliphatic carbocycles. The van der Waals surface area contributed by atoms with Crippen molar-refractivity contribution >= 4 is 0 Å². The lowest BCUT2D eigenvalue weighted by Crippen LogP contribution is -2.01. The molecular formula is C20H19N5. The number of rotatable bonds is 4. The Bertz CT molecular complexity index is 966. The number of aromatic amines is 1. The first kappa shape index (κ1) is 15.3. The van der Waals surface area contributed by atoms with E-state index < -0.39 is 0 Å². The van der Waals surface area contributed by atoms with Gasteiger partial charge in [-0.15, -0.1) is 10.2 Å². The minimum atomic E-state index is 0.326. The van der Waals surface area contributed by atoms with Crippen LogP contribution in [0.2, 0.25) is 0 Å². The Morgan fingerprint density at radius 1 is 0.880 bits per heavy atom. The molecule has 4 aromatic rings. The molecule has 3 heterocycles. The standard InChI is InChI=1S/C20H19N5/c1-14(2)25-13-23-24-20(25)16-5-3-15(4-6-16)18-9-19(12-22-11-18)17-7-8-21-10-17/h3-14,21H,1-2H3. The number of hydrogen-bond acceptors (Lipinski definition) is 3. The molecule has 1 aromatic carbocycles. The molecular weight excluding hydrogens is 310 g/mol. The molecule has 0 spiro atoms. The summed E-state index contributed by atoms with van der Waals surface area (Å²) in [6.45, 7) is 4.25. The fourth-order valence-electron chi connectivity index (χ4n) is 2.90. The number of pyridine rings is 1. The molecule has 4 rings (SSSR count). The van der Waals surface area contributed by atoms with E-state index in [1.54, 1.807) is 6.33 Å². The van der Waals surface area contributed by atoms with Crippen molar-refractivity contribution in [1.82, 2.24) is 24.7 Å². The monoisotopic (exact) mass is 329 g/mol. The van der Waals surface area contributed by atoms with Gasteiger partial charge in [0.1, 0.15) is 6.33 Å². The zero-order valence-corrected chi connectivity index (χ0v) is 14.2. The first-order chi connectivity index (χ1) is 12.2. The van der Waals surface area contributed by atoms with Crippen LogP contribution in [0.5, 0.6) is 0 Å². The second-order valence-corrected chi connectivity index (χ2v) is 6.29. The van der Waals surface area contributed by atoms with Gasteiger partial charge in [-0.2, -0.15) is 0 Å². The van der Waals surface area contributed by atoms with Crippen molar-refractivity contribution in [3.8, 4) is 33.6 Å². The molecule has 0 aliphatic heterocycles. The Labute approximate surface area is 146 Å². The average Bonchev–Trinajstić information content (AvgIpc) is 3.34. The van der Waals surface area contributed by atoms with Gasteiger partial charge in [-0.1, -0.05) is 24.3 Å². The highest BCUT2D eigenvalue weighted by molar-refractivity contribution is 5.73. The van der Waals surface area contributed by atoms with E-state index >= 15 is 0 Å². The van der Waals surface area contributed by atoms with E-state index in [4.69, 9.17) is 0 Å². The third-order valence-corrected chi connectivity index (χ3v) is 4.28. The maximum atomic E-state index is 4.39. The fourth-order valence-corrected chi connectivity index (χ4v) is 2.90. The fraction of sp³-hybridized carbons (Fsp3) is 0.150. The lowest BCUT2D eigenvalue weighted by Gasteiger charge is -2.10. The van der Waals surface area contributed by atoms with Crippen molar-refractivity contribution in [3.63, 3.8) is 0 Å². The Kier molecular flexibility index (Phi) is 3.90. The third kappa shape index (κ3) is 2.96. The minimum Gasteiger partial charge on any atom is -0.367 e. The molecule has 124 valence electrons. The molecule has 0 bridgehead atoms. The van der Waals surface area contributed by atoms with Gasteiger partial charge in [0.2, 0.25) is 0 Å². The van der Waals surface area contributed by atoms with E-state index in [1.807, 2.05) is 30.9 Å². The lowest BCUT2D eigenvalue weighted by molar-refractivity contribution is 0.604. The van der Waals surface area contributed by atoms with Crippen LogP contribution in [0.3, 0.4) is 0 Å². The number of nitrogens with one attached hydrogen (secondary N) is 1. The van der Waals surface area contributed by atoms with Crippen LogP contribution < -0.4 is 0 Å². The second-order valence-electron chi connectivity index (χ2n) is 6.29. The molecule has 5 heteroatoms. The summed E-state index contributed by atoms with van der Waals surface area (Å²) >= 11 is 0. The third-order valence-electron chi connectivity index (χ3n) is 4.28. The molecule has 0 fully saturated rings. The van der Waals surface area contributed by atoms with Gasteiger partial charge in [-0.25, -0.2) is 0 Å². The van der Waals surface area contributed by atoms with E-state index in [0.717, 1.165) is 33.6 Å². The summed E-state index contributed by atoms with van der Waals surface area (Å²) in [6, 6.07) is 12.9. The molecule has 0 atom stereocenters. The zero-order chi connectivity index (χ0) is 17.2. The molecule has 0 saturated heterocycles. The average molecular weight is 329 g/mol. The molecule has 0 amide bonds. The molecule has 25 heavy (non-hydrogen) atoms. The summed E-state index contributed by atoms with van der Waals surface area (Å²) in [5.74, 6) is 0.890. The quantitative estimate of drug-likeness (QED) is 0.596. The number of benzene rings is 1. The first-order valence-electron chi connectivity index (χ1n) is 8.31. The van der Waals surface area contributed by atoms with Crippen LogP contribution in [0.25, 0.3) is 33.6 Å². The van der Waals surface area contributed by atoms with E-state index in [-0.39, 0.29) is 0 Å². The number of H-pyrrole nitrogens is 1. The zero-order valence-electron chi connectivity index (χ0n) is 14.2. The van der Waals surface area contributed by atoms with Gasteiger partial charge in [0, 0.05) is 53.1 Å². The van der Waals surface area contributed by atoms with E-state index in [2.05, 4.69) is 68.9 Å². The Morgan fingerprint density at radius 2 is 1.60 bits per heavy atom.